The van der Waals surface area contributed by atoms with Crippen molar-refractivity contribution in [2.24, 2.45) is 5.41 Å². The van der Waals surface area contributed by atoms with E-state index in [2.05, 4.69) is 12.6 Å². The largest absolute Gasteiger partial charge is 0.444 e. The molecule has 0 aromatic rings. The molecule has 1 aliphatic rings. The topological polar surface area (TPSA) is 53.3 Å². The fourth-order valence-corrected chi connectivity index (χ4v) is 2.43. The van der Waals surface area contributed by atoms with Gasteiger partial charge in [0.05, 0.1) is 17.1 Å². The number of piperidine rings is 1. The summed E-state index contributed by atoms with van der Waals surface area (Å²) in [6.07, 6.45) is -2.59. The minimum atomic E-state index is -4.48. The molecule has 0 unspecified atom stereocenters. The van der Waals surface area contributed by atoms with Crippen molar-refractivity contribution in [1.29, 1.82) is 5.26 Å². The molecule has 1 aliphatic heterocycles. The van der Waals surface area contributed by atoms with E-state index >= 15 is 0 Å². The first-order chi connectivity index (χ1) is 10.9. The molecule has 1 saturated heterocycles. The first-order valence-electron chi connectivity index (χ1n) is 7.71. The standard InChI is InChI=1S/C17H23F3N2O2/c1-5-13(17(18,19)20)6-7-16(12-21)8-10-22(11-9-16)14(23)24-15(2,3)4/h5-6H,1,7-11H2,2-4H3/b13-6+. The van der Waals surface area contributed by atoms with Gasteiger partial charge < -0.3 is 9.64 Å². The molecule has 0 aliphatic carbocycles. The van der Waals surface area contributed by atoms with Crippen molar-refractivity contribution >= 4 is 6.09 Å². The molecular formula is C17H23F3N2O2. The lowest BCUT2D eigenvalue weighted by Gasteiger charge is -2.37. The molecule has 7 heteroatoms. The van der Waals surface area contributed by atoms with Gasteiger partial charge in [0.2, 0.25) is 0 Å². The van der Waals surface area contributed by atoms with Crippen molar-refractivity contribution in [2.75, 3.05) is 13.1 Å². The molecule has 0 spiro atoms. The lowest BCUT2D eigenvalue weighted by atomic mass is 9.76. The number of hydrogen-bond donors (Lipinski definition) is 0. The zero-order valence-corrected chi connectivity index (χ0v) is 14.2. The Labute approximate surface area is 140 Å². The second kappa shape index (κ2) is 7.29. The SMILES string of the molecule is C=C/C(=C\CC1(C#N)CCN(C(=O)OC(C)(C)C)CC1)C(F)(F)F. The molecule has 0 aromatic carbocycles. The van der Waals surface area contributed by atoms with Crippen molar-refractivity contribution < 1.29 is 22.7 Å². The maximum atomic E-state index is 12.7. The van der Waals surface area contributed by atoms with Gasteiger partial charge in [0.25, 0.3) is 0 Å². The van der Waals surface area contributed by atoms with Gasteiger partial charge in [-0.15, -0.1) is 0 Å². The fourth-order valence-electron chi connectivity index (χ4n) is 2.43. The summed E-state index contributed by atoms with van der Waals surface area (Å²) in [5.74, 6) is 0. The van der Waals surface area contributed by atoms with Crippen LogP contribution in [0.4, 0.5) is 18.0 Å². The van der Waals surface area contributed by atoms with Crippen LogP contribution in [0.15, 0.2) is 24.3 Å². The highest BCUT2D eigenvalue weighted by molar-refractivity contribution is 5.68. The Balaban J connectivity index is 2.74. The average molecular weight is 344 g/mol. The predicted octanol–water partition coefficient (Wildman–Crippen LogP) is 4.59. The number of halogens is 3. The molecule has 0 N–H and O–H groups in total. The van der Waals surface area contributed by atoms with E-state index in [0.717, 1.165) is 12.2 Å². The summed E-state index contributed by atoms with van der Waals surface area (Å²) in [7, 11) is 0. The van der Waals surface area contributed by atoms with Gasteiger partial charge in [-0.3, -0.25) is 0 Å². The number of amides is 1. The zero-order chi connectivity index (χ0) is 18.6. The number of ether oxygens (including phenoxy) is 1. The molecule has 0 atom stereocenters. The predicted molar refractivity (Wildman–Crippen MR) is 84.0 cm³/mol. The number of nitrogens with zero attached hydrogens (tertiary/aromatic N) is 2. The molecule has 1 rings (SSSR count). The molecule has 24 heavy (non-hydrogen) atoms. The zero-order valence-electron chi connectivity index (χ0n) is 14.2. The van der Waals surface area contributed by atoms with Gasteiger partial charge in [0.15, 0.2) is 0 Å². The summed E-state index contributed by atoms with van der Waals surface area (Å²) in [6, 6.07) is 2.13. The third-order valence-electron chi connectivity index (χ3n) is 3.87. The molecule has 1 amide bonds. The van der Waals surface area contributed by atoms with Gasteiger partial charge in [0, 0.05) is 13.1 Å². The van der Waals surface area contributed by atoms with Crippen LogP contribution in [0.3, 0.4) is 0 Å². The maximum absolute atomic E-state index is 12.7. The molecule has 1 fully saturated rings. The molecule has 4 nitrogen and oxygen atoms in total. The van der Waals surface area contributed by atoms with Crippen LogP contribution in [-0.4, -0.2) is 35.9 Å². The Morgan fingerprint density at radius 1 is 1.33 bits per heavy atom. The third kappa shape index (κ3) is 5.59. The molecule has 0 saturated carbocycles. The fraction of sp³-hybridized carbons (Fsp3) is 0.647. The molecule has 0 aromatic heterocycles. The highest BCUT2D eigenvalue weighted by atomic mass is 19.4. The first kappa shape index (κ1) is 20.1. The van der Waals surface area contributed by atoms with Crippen LogP contribution < -0.4 is 0 Å². The number of carbonyl (C=O) groups is 1. The summed E-state index contributed by atoms with van der Waals surface area (Å²) in [4.78, 5) is 13.5. The van der Waals surface area contributed by atoms with E-state index in [4.69, 9.17) is 4.74 Å². The number of allylic oxidation sites excluding steroid dienone is 3. The van der Waals surface area contributed by atoms with E-state index in [0.29, 0.717) is 12.8 Å². The number of alkyl halides is 3. The number of rotatable bonds is 3. The molecule has 0 bridgehead atoms. The van der Waals surface area contributed by atoms with Gasteiger partial charge >= 0.3 is 12.3 Å². The van der Waals surface area contributed by atoms with E-state index in [1.807, 2.05) is 0 Å². The van der Waals surface area contributed by atoms with Crippen LogP contribution in [0.5, 0.6) is 0 Å². The minimum absolute atomic E-state index is 0.0213. The van der Waals surface area contributed by atoms with Crippen LogP contribution in [0.1, 0.15) is 40.0 Å². The van der Waals surface area contributed by atoms with Crippen molar-refractivity contribution in [3.05, 3.63) is 24.3 Å². The lowest BCUT2D eigenvalue weighted by Crippen LogP contribution is -2.44. The second-order valence-corrected chi connectivity index (χ2v) is 6.92. The Morgan fingerprint density at radius 2 is 1.88 bits per heavy atom. The Kier molecular flexibility index (Phi) is 6.09. The second-order valence-electron chi connectivity index (χ2n) is 6.92. The van der Waals surface area contributed by atoms with Gasteiger partial charge in [0.1, 0.15) is 5.60 Å². The molecule has 134 valence electrons. The Morgan fingerprint density at radius 3 is 2.25 bits per heavy atom. The number of nitriles is 1. The number of carbonyl (C=O) groups excluding carboxylic acids is 1. The molecule has 1 heterocycles. The minimum Gasteiger partial charge on any atom is -0.444 e. The van der Waals surface area contributed by atoms with E-state index in [1.165, 1.54) is 4.90 Å². The van der Waals surface area contributed by atoms with E-state index in [1.54, 1.807) is 20.8 Å². The van der Waals surface area contributed by atoms with Crippen LogP contribution >= 0.6 is 0 Å². The first-order valence-corrected chi connectivity index (χ1v) is 7.71. The van der Waals surface area contributed by atoms with E-state index in [-0.39, 0.29) is 19.5 Å². The maximum Gasteiger partial charge on any atom is 0.416 e. The van der Waals surface area contributed by atoms with Crippen LogP contribution in [0.2, 0.25) is 0 Å². The lowest BCUT2D eigenvalue weighted by molar-refractivity contribution is -0.0885. The van der Waals surface area contributed by atoms with Gasteiger partial charge in [-0.25, -0.2) is 4.79 Å². The van der Waals surface area contributed by atoms with Gasteiger partial charge in [-0.2, -0.15) is 18.4 Å². The van der Waals surface area contributed by atoms with Gasteiger partial charge in [-0.05, 0) is 40.0 Å². The van der Waals surface area contributed by atoms with E-state index < -0.39 is 28.9 Å². The van der Waals surface area contributed by atoms with E-state index in [9.17, 15) is 23.2 Å². The van der Waals surface area contributed by atoms with Crippen LogP contribution in [0, 0.1) is 16.7 Å². The third-order valence-corrected chi connectivity index (χ3v) is 3.87. The van der Waals surface area contributed by atoms with Crippen molar-refractivity contribution in [3.63, 3.8) is 0 Å². The summed E-state index contributed by atoms with van der Waals surface area (Å²) in [5, 5.41) is 9.42. The smallest absolute Gasteiger partial charge is 0.416 e. The molecule has 0 radical (unpaired) electrons. The molecular weight excluding hydrogens is 321 g/mol. The van der Waals surface area contributed by atoms with Crippen LogP contribution in [-0.2, 0) is 4.74 Å². The average Bonchev–Trinajstić information content (AvgIpc) is 2.45. The highest BCUT2D eigenvalue weighted by Crippen LogP contribution is 2.37. The summed E-state index contributed by atoms with van der Waals surface area (Å²) >= 11 is 0. The highest BCUT2D eigenvalue weighted by Gasteiger charge is 2.38. The van der Waals surface area contributed by atoms with Crippen molar-refractivity contribution in [2.45, 2.75) is 51.8 Å². The number of likely N-dealkylation sites (tertiary alicyclic amines) is 1. The van der Waals surface area contributed by atoms with Crippen LogP contribution in [0.25, 0.3) is 0 Å². The van der Waals surface area contributed by atoms with Crippen molar-refractivity contribution in [1.82, 2.24) is 4.90 Å². The summed E-state index contributed by atoms with van der Waals surface area (Å²) in [5.41, 5.74) is -2.36. The summed E-state index contributed by atoms with van der Waals surface area (Å²) in [6.45, 7) is 9.01. The Bertz CT molecular complexity index is 546. The normalized spacial score (nSPS) is 18.7. The quantitative estimate of drug-likeness (QED) is 0.704. The van der Waals surface area contributed by atoms with Gasteiger partial charge in [-0.1, -0.05) is 18.7 Å². The summed E-state index contributed by atoms with van der Waals surface area (Å²) < 4.78 is 43.5. The Hall–Kier alpha value is -1.97. The van der Waals surface area contributed by atoms with Crippen molar-refractivity contribution in [3.8, 4) is 6.07 Å². The monoisotopic (exact) mass is 344 g/mol. The number of hydrogen-bond acceptors (Lipinski definition) is 3.